The number of nitrogens with zero attached hydrogens (tertiary/aromatic N) is 1. The van der Waals surface area contributed by atoms with Gasteiger partial charge in [0, 0.05) is 12.1 Å². The average molecular weight is 260 g/mol. The van der Waals surface area contributed by atoms with E-state index in [-0.39, 0.29) is 5.54 Å². The topological polar surface area (TPSA) is 29.3 Å². The molecule has 1 aromatic carbocycles. The van der Waals surface area contributed by atoms with Crippen molar-refractivity contribution in [1.82, 2.24) is 4.90 Å². The highest BCUT2D eigenvalue weighted by Crippen LogP contribution is 2.25. The van der Waals surface area contributed by atoms with Crippen molar-refractivity contribution in [2.45, 2.75) is 51.5 Å². The smallest absolute Gasteiger partial charge is 0.0343 e. The Hall–Kier alpha value is -0.860. The Morgan fingerprint density at radius 2 is 1.74 bits per heavy atom. The van der Waals surface area contributed by atoms with Gasteiger partial charge in [-0.2, -0.15) is 0 Å². The lowest BCUT2D eigenvalue weighted by Gasteiger charge is -2.40. The lowest BCUT2D eigenvalue weighted by molar-refractivity contribution is 0.114. The van der Waals surface area contributed by atoms with E-state index in [1.807, 2.05) is 0 Å². The van der Waals surface area contributed by atoms with Crippen LogP contribution in [-0.2, 0) is 6.42 Å². The summed E-state index contributed by atoms with van der Waals surface area (Å²) in [6, 6.07) is 8.71. The first-order valence-electron chi connectivity index (χ1n) is 7.65. The molecule has 1 unspecified atom stereocenters. The predicted octanol–water partition coefficient (Wildman–Crippen LogP) is 3.13. The minimum Gasteiger partial charge on any atom is -0.329 e. The Labute approximate surface area is 118 Å². The van der Waals surface area contributed by atoms with E-state index >= 15 is 0 Å². The van der Waals surface area contributed by atoms with Crippen LogP contribution >= 0.6 is 0 Å². The molecule has 1 aliphatic rings. The number of aryl methyl sites for hydroxylation is 1. The molecule has 1 heterocycles. The normalized spacial score (nSPS) is 20.8. The van der Waals surface area contributed by atoms with Crippen LogP contribution in [0, 0.1) is 6.92 Å². The van der Waals surface area contributed by atoms with E-state index in [0.717, 1.165) is 13.0 Å². The lowest BCUT2D eigenvalue weighted by Crippen LogP contribution is -2.53. The van der Waals surface area contributed by atoms with E-state index in [9.17, 15) is 0 Å². The fraction of sp³-hybridized carbons (Fsp3) is 0.647. The van der Waals surface area contributed by atoms with Crippen LogP contribution in [0.25, 0.3) is 0 Å². The van der Waals surface area contributed by atoms with E-state index in [4.69, 9.17) is 5.73 Å². The Kier molecular flexibility index (Phi) is 5.00. The summed E-state index contributed by atoms with van der Waals surface area (Å²) in [5.41, 5.74) is 9.08. The van der Waals surface area contributed by atoms with Crippen LogP contribution in [0.5, 0.6) is 0 Å². The maximum atomic E-state index is 6.15. The largest absolute Gasteiger partial charge is 0.329 e. The number of nitrogens with two attached hydrogens (primary N) is 1. The van der Waals surface area contributed by atoms with E-state index in [0.29, 0.717) is 0 Å². The fourth-order valence-corrected chi connectivity index (χ4v) is 3.14. The molecule has 1 fully saturated rings. The molecule has 0 aliphatic carbocycles. The molecule has 0 amide bonds. The summed E-state index contributed by atoms with van der Waals surface area (Å²) >= 11 is 0. The number of rotatable bonds is 4. The molecule has 0 bridgehead atoms. The van der Waals surface area contributed by atoms with Gasteiger partial charge in [-0.25, -0.2) is 0 Å². The van der Waals surface area contributed by atoms with Crippen molar-refractivity contribution in [2.24, 2.45) is 5.73 Å². The standard InChI is InChI=1S/C17H28N2/c1-15-9-5-6-10-16(15)13-17(2,14-18)19-11-7-3-4-8-12-19/h5-6,9-10H,3-4,7-8,11-14,18H2,1-2H3. The first-order chi connectivity index (χ1) is 9.15. The fourth-order valence-electron chi connectivity index (χ4n) is 3.14. The second kappa shape index (κ2) is 6.53. The summed E-state index contributed by atoms with van der Waals surface area (Å²) in [5, 5.41) is 0. The van der Waals surface area contributed by atoms with Gasteiger partial charge in [0.05, 0.1) is 0 Å². The van der Waals surface area contributed by atoms with Crippen molar-refractivity contribution < 1.29 is 0 Å². The third kappa shape index (κ3) is 3.58. The Morgan fingerprint density at radius 3 is 2.32 bits per heavy atom. The Bertz CT molecular complexity index is 394. The van der Waals surface area contributed by atoms with Gasteiger partial charge in [-0.1, -0.05) is 37.1 Å². The van der Waals surface area contributed by atoms with Gasteiger partial charge >= 0.3 is 0 Å². The number of benzene rings is 1. The minimum absolute atomic E-state index is 0.108. The summed E-state index contributed by atoms with van der Waals surface area (Å²) in [6.45, 7) is 7.69. The third-order valence-corrected chi connectivity index (χ3v) is 4.64. The molecule has 106 valence electrons. The van der Waals surface area contributed by atoms with Gasteiger partial charge in [0.2, 0.25) is 0 Å². The van der Waals surface area contributed by atoms with E-state index < -0.39 is 0 Å². The molecular weight excluding hydrogens is 232 g/mol. The first-order valence-corrected chi connectivity index (χ1v) is 7.65. The zero-order chi connectivity index (χ0) is 13.7. The maximum absolute atomic E-state index is 6.15. The van der Waals surface area contributed by atoms with Crippen molar-refractivity contribution in [3.8, 4) is 0 Å². The molecule has 1 saturated heterocycles. The Balaban J connectivity index is 2.14. The molecule has 2 nitrogen and oxygen atoms in total. The SMILES string of the molecule is Cc1ccccc1CC(C)(CN)N1CCCCCC1. The molecule has 1 aromatic rings. The molecule has 1 atom stereocenters. The van der Waals surface area contributed by atoms with Crippen molar-refractivity contribution in [1.29, 1.82) is 0 Å². The van der Waals surface area contributed by atoms with Crippen LogP contribution in [0.4, 0.5) is 0 Å². The van der Waals surface area contributed by atoms with Gasteiger partial charge in [0.1, 0.15) is 0 Å². The van der Waals surface area contributed by atoms with Gasteiger partial charge in [-0.05, 0) is 57.3 Å². The van der Waals surface area contributed by atoms with Gasteiger partial charge in [0.15, 0.2) is 0 Å². The lowest BCUT2D eigenvalue weighted by atomic mass is 9.88. The van der Waals surface area contributed by atoms with Crippen LogP contribution in [0.2, 0.25) is 0 Å². The van der Waals surface area contributed by atoms with E-state index in [1.165, 1.54) is 49.9 Å². The number of likely N-dealkylation sites (tertiary alicyclic amines) is 1. The van der Waals surface area contributed by atoms with Crippen LogP contribution < -0.4 is 5.73 Å². The second-order valence-corrected chi connectivity index (χ2v) is 6.21. The van der Waals surface area contributed by atoms with Gasteiger partial charge in [-0.3, -0.25) is 4.90 Å². The summed E-state index contributed by atoms with van der Waals surface area (Å²) in [4.78, 5) is 2.63. The summed E-state index contributed by atoms with van der Waals surface area (Å²) < 4.78 is 0. The quantitative estimate of drug-likeness (QED) is 0.901. The van der Waals surface area contributed by atoms with Crippen molar-refractivity contribution in [3.05, 3.63) is 35.4 Å². The highest BCUT2D eigenvalue weighted by atomic mass is 15.2. The van der Waals surface area contributed by atoms with Crippen LogP contribution in [0.3, 0.4) is 0 Å². The average Bonchev–Trinajstić information content (AvgIpc) is 2.71. The first kappa shape index (κ1) is 14.5. The minimum atomic E-state index is 0.108. The van der Waals surface area contributed by atoms with Gasteiger partial charge in [0.25, 0.3) is 0 Å². The summed E-state index contributed by atoms with van der Waals surface area (Å²) in [6.07, 6.45) is 6.46. The molecule has 0 saturated carbocycles. The van der Waals surface area contributed by atoms with Crippen molar-refractivity contribution in [3.63, 3.8) is 0 Å². The highest BCUT2D eigenvalue weighted by molar-refractivity contribution is 5.27. The van der Waals surface area contributed by atoms with E-state index in [1.54, 1.807) is 0 Å². The Morgan fingerprint density at radius 1 is 1.11 bits per heavy atom. The van der Waals surface area contributed by atoms with Gasteiger partial charge < -0.3 is 5.73 Å². The zero-order valence-electron chi connectivity index (χ0n) is 12.5. The zero-order valence-corrected chi connectivity index (χ0v) is 12.5. The molecule has 0 spiro atoms. The van der Waals surface area contributed by atoms with E-state index in [2.05, 4.69) is 43.0 Å². The number of hydrogen-bond acceptors (Lipinski definition) is 2. The molecule has 19 heavy (non-hydrogen) atoms. The third-order valence-electron chi connectivity index (χ3n) is 4.64. The van der Waals surface area contributed by atoms with Crippen LogP contribution in [0.15, 0.2) is 24.3 Å². The summed E-state index contributed by atoms with van der Waals surface area (Å²) in [5.74, 6) is 0. The molecular formula is C17H28N2. The number of hydrogen-bond donors (Lipinski definition) is 1. The van der Waals surface area contributed by atoms with Crippen LogP contribution in [0.1, 0.15) is 43.7 Å². The maximum Gasteiger partial charge on any atom is 0.0343 e. The molecule has 2 heteroatoms. The summed E-state index contributed by atoms with van der Waals surface area (Å²) in [7, 11) is 0. The monoisotopic (exact) mass is 260 g/mol. The van der Waals surface area contributed by atoms with Crippen LogP contribution in [-0.4, -0.2) is 30.1 Å². The highest BCUT2D eigenvalue weighted by Gasteiger charge is 2.31. The van der Waals surface area contributed by atoms with Gasteiger partial charge in [-0.15, -0.1) is 0 Å². The van der Waals surface area contributed by atoms with Crippen molar-refractivity contribution >= 4 is 0 Å². The molecule has 0 radical (unpaired) electrons. The molecule has 2 rings (SSSR count). The molecule has 0 aromatic heterocycles. The van der Waals surface area contributed by atoms with Crippen molar-refractivity contribution in [2.75, 3.05) is 19.6 Å². The molecule has 2 N–H and O–H groups in total. The molecule has 1 aliphatic heterocycles. The second-order valence-electron chi connectivity index (χ2n) is 6.21. The predicted molar refractivity (Wildman–Crippen MR) is 82.4 cm³/mol.